The molecule has 1 saturated heterocycles. The van der Waals surface area contributed by atoms with Gasteiger partial charge in [-0.3, -0.25) is 9.48 Å². The molecule has 4 rings (SSSR count). The summed E-state index contributed by atoms with van der Waals surface area (Å²) in [6, 6.07) is 9.50. The van der Waals surface area contributed by atoms with E-state index in [1.54, 1.807) is 12.3 Å². The number of carbonyl (C=O) groups excluding carboxylic acids is 1. The van der Waals surface area contributed by atoms with E-state index in [2.05, 4.69) is 10.3 Å². The number of hydrogen-bond donors (Lipinski definition) is 0. The van der Waals surface area contributed by atoms with Crippen LogP contribution in [0.15, 0.2) is 47.2 Å². The molecule has 1 aromatic carbocycles. The van der Waals surface area contributed by atoms with Gasteiger partial charge in [-0.05, 0) is 62.4 Å². The van der Waals surface area contributed by atoms with Crippen molar-refractivity contribution in [2.24, 2.45) is 5.92 Å². The number of piperidine rings is 1. The van der Waals surface area contributed by atoms with E-state index in [4.69, 9.17) is 9.26 Å². The van der Waals surface area contributed by atoms with Crippen LogP contribution in [0.4, 0.5) is 0 Å². The predicted octanol–water partition coefficient (Wildman–Crippen LogP) is 3.80. The second-order valence-corrected chi connectivity index (χ2v) is 7.45. The molecular formula is C22H26N4O3. The lowest BCUT2D eigenvalue weighted by atomic mass is 9.96. The van der Waals surface area contributed by atoms with Gasteiger partial charge in [-0.1, -0.05) is 5.16 Å². The van der Waals surface area contributed by atoms with Crippen molar-refractivity contribution in [1.82, 2.24) is 19.8 Å². The Morgan fingerprint density at radius 2 is 2.10 bits per heavy atom. The number of ether oxygens (including phenoxy) is 1. The molecule has 0 unspecified atom stereocenters. The summed E-state index contributed by atoms with van der Waals surface area (Å²) in [5, 5.41) is 8.30. The highest BCUT2D eigenvalue weighted by molar-refractivity contribution is 5.93. The summed E-state index contributed by atoms with van der Waals surface area (Å²) in [5.74, 6) is 1.91. The summed E-state index contributed by atoms with van der Waals surface area (Å²) >= 11 is 0. The van der Waals surface area contributed by atoms with Crippen LogP contribution in [-0.2, 0) is 6.54 Å². The van der Waals surface area contributed by atoms with Crippen molar-refractivity contribution in [2.75, 3.05) is 19.7 Å². The van der Waals surface area contributed by atoms with E-state index in [1.807, 2.05) is 53.9 Å². The largest absolute Gasteiger partial charge is 0.494 e. The molecule has 0 N–H and O–H groups in total. The van der Waals surface area contributed by atoms with Crippen LogP contribution < -0.4 is 4.74 Å². The molecule has 0 radical (unpaired) electrons. The Balaban J connectivity index is 1.38. The van der Waals surface area contributed by atoms with Gasteiger partial charge in [0.05, 0.1) is 6.61 Å². The van der Waals surface area contributed by atoms with Crippen molar-refractivity contribution in [3.63, 3.8) is 0 Å². The molecule has 1 amide bonds. The number of amides is 1. The SMILES string of the molecule is CCOc1ccc(-c2cc(C(=O)N3CCC(Cn4cccn4)CC3)no2)cc1C. The number of carbonyl (C=O) groups is 1. The highest BCUT2D eigenvalue weighted by atomic mass is 16.5. The monoisotopic (exact) mass is 394 g/mol. The number of nitrogens with zero attached hydrogens (tertiary/aromatic N) is 4. The first kappa shape index (κ1) is 19.2. The van der Waals surface area contributed by atoms with Crippen LogP contribution in [0.2, 0.25) is 0 Å². The van der Waals surface area contributed by atoms with Gasteiger partial charge in [-0.15, -0.1) is 0 Å². The smallest absolute Gasteiger partial charge is 0.276 e. The summed E-state index contributed by atoms with van der Waals surface area (Å²) in [4.78, 5) is 14.7. The van der Waals surface area contributed by atoms with Crippen LogP contribution in [0.5, 0.6) is 5.75 Å². The van der Waals surface area contributed by atoms with Crippen LogP contribution in [0.1, 0.15) is 35.8 Å². The minimum atomic E-state index is -0.0693. The van der Waals surface area contributed by atoms with Gasteiger partial charge in [0, 0.05) is 43.7 Å². The van der Waals surface area contributed by atoms with Crippen LogP contribution in [0.25, 0.3) is 11.3 Å². The van der Waals surface area contributed by atoms with Gasteiger partial charge in [0.2, 0.25) is 0 Å². The molecule has 1 aliphatic heterocycles. The fraction of sp³-hybridized carbons (Fsp3) is 0.409. The highest BCUT2D eigenvalue weighted by Gasteiger charge is 2.26. The molecular weight excluding hydrogens is 368 g/mol. The van der Waals surface area contributed by atoms with E-state index in [0.717, 1.165) is 49.4 Å². The molecule has 0 atom stereocenters. The molecule has 2 aromatic heterocycles. The average Bonchev–Trinajstić information content (AvgIpc) is 3.42. The normalized spacial score (nSPS) is 14.9. The quantitative estimate of drug-likeness (QED) is 0.636. The minimum absolute atomic E-state index is 0.0693. The molecule has 0 spiro atoms. The summed E-state index contributed by atoms with van der Waals surface area (Å²) in [7, 11) is 0. The Morgan fingerprint density at radius 3 is 2.79 bits per heavy atom. The van der Waals surface area contributed by atoms with E-state index >= 15 is 0 Å². The van der Waals surface area contributed by atoms with Crippen LogP contribution >= 0.6 is 0 Å². The van der Waals surface area contributed by atoms with Crippen molar-refractivity contribution in [1.29, 1.82) is 0 Å². The van der Waals surface area contributed by atoms with Crippen molar-refractivity contribution in [2.45, 2.75) is 33.2 Å². The third-order valence-corrected chi connectivity index (χ3v) is 5.39. The van der Waals surface area contributed by atoms with Crippen molar-refractivity contribution >= 4 is 5.91 Å². The lowest BCUT2D eigenvalue weighted by Crippen LogP contribution is -2.39. The highest BCUT2D eigenvalue weighted by Crippen LogP contribution is 2.28. The molecule has 0 bridgehead atoms. The standard InChI is InChI=1S/C22H26N4O3/c1-3-28-20-6-5-18(13-16(20)2)21-14-19(24-29-21)22(27)25-11-7-17(8-12-25)15-26-10-4-9-23-26/h4-6,9-10,13-14,17H,3,7-8,11-12,15H2,1-2H3. The van der Waals surface area contributed by atoms with Gasteiger partial charge < -0.3 is 14.2 Å². The molecule has 1 fully saturated rings. The lowest BCUT2D eigenvalue weighted by Gasteiger charge is -2.31. The summed E-state index contributed by atoms with van der Waals surface area (Å²) in [6.45, 7) is 6.94. The van der Waals surface area contributed by atoms with E-state index in [-0.39, 0.29) is 5.91 Å². The van der Waals surface area contributed by atoms with E-state index < -0.39 is 0 Å². The Kier molecular flexibility index (Phi) is 5.64. The number of benzene rings is 1. The molecule has 7 heteroatoms. The third-order valence-electron chi connectivity index (χ3n) is 5.39. The number of hydrogen-bond acceptors (Lipinski definition) is 5. The maximum absolute atomic E-state index is 12.8. The first-order valence-electron chi connectivity index (χ1n) is 10.1. The maximum Gasteiger partial charge on any atom is 0.276 e. The lowest BCUT2D eigenvalue weighted by molar-refractivity contribution is 0.0671. The van der Waals surface area contributed by atoms with Crippen LogP contribution in [0, 0.1) is 12.8 Å². The number of rotatable bonds is 6. The Labute approximate surface area is 170 Å². The summed E-state index contributed by atoms with van der Waals surface area (Å²) in [5.41, 5.74) is 2.26. The van der Waals surface area contributed by atoms with Crippen LogP contribution in [-0.4, -0.2) is 45.4 Å². The summed E-state index contributed by atoms with van der Waals surface area (Å²) in [6.07, 6.45) is 5.71. The van der Waals surface area contributed by atoms with Crippen molar-refractivity contribution < 1.29 is 14.1 Å². The number of aromatic nitrogens is 3. The van der Waals surface area contributed by atoms with Crippen molar-refractivity contribution in [3.8, 4) is 17.1 Å². The predicted molar refractivity (Wildman–Crippen MR) is 109 cm³/mol. The molecule has 29 heavy (non-hydrogen) atoms. The average molecular weight is 394 g/mol. The number of likely N-dealkylation sites (tertiary alicyclic amines) is 1. The zero-order valence-electron chi connectivity index (χ0n) is 16.9. The van der Waals surface area contributed by atoms with Crippen molar-refractivity contribution in [3.05, 3.63) is 54.0 Å². The van der Waals surface area contributed by atoms with Gasteiger partial charge in [0.1, 0.15) is 5.75 Å². The molecule has 7 nitrogen and oxygen atoms in total. The summed E-state index contributed by atoms with van der Waals surface area (Å²) < 4.78 is 13.0. The first-order chi connectivity index (χ1) is 14.1. The van der Waals surface area contributed by atoms with E-state index in [9.17, 15) is 4.79 Å². The minimum Gasteiger partial charge on any atom is -0.494 e. The fourth-order valence-electron chi connectivity index (χ4n) is 3.79. The molecule has 0 aliphatic carbocycles. The van der Waals surface area contributed by atoms with E-state index in [1.165, 1.54) is 0 Å². The maximum atomic E-state index is 12.8. The fourth-order valence-corrected chi connectivity index (χ4v) is 3.79. The Hall–Kier alpha value is -3.09. The van der Waals surface area contributed by atoms with Gasteiger partial charge in [0.15, 0.2) is 11.5 Å². The number of aryl methyl sites for hydroxylation is 1. The Bertz CT molecular complexity index is 956. The second kappa shape index (κ2) is 8.51. The van der Waals surface area contributed by atoms with Crippen LogP contribution in [0.3, 0.4) is 0 Å². The van der Waals surface area contributed by atoms with Gasteiger partial charge in [-0.2, -0.15) is 5.10 Å². The zero-order valence-corrected chi connectivity index (χ0v) is 16.9. The molecule has 0 saturated carbocycles. The molecule has 152 valence electrons. The third kappa shape index (κ3) is 4.34. The van der Waals surface area contributed by atoms with Gasteiger partial charge >= 0.3 is 0 Å². The Morgan fingerprint density at radius 1 is 1.28 bits per heavy atom. The van der Waals surface area contributed by atoms with Gasteiger partial charge in [-0.25, -0.2) is 0 Å². The van der Waals surface area contributed by atoms with E-state index in [0.29, 0.717) is 24.0 Å². The second-order valence-electron chi connectivity index (χ2n) is 7.45. The molecule has 3 aromatic rings. The first-order valence-corrected chi connectivity index (χ1v) is 10.1. The zero-order chi connectivity index (χ0) is 20.2. The van der Waals surface area contributed by atoms with Gasteiger partial charge in [0.25, 0.3) is 5.91 Å². The molecule has 1 aliphatic rings. The molecule has 3 heterocycles. The topological polar surface area (TPSA) is 73.4 Å².